The fraction of sp³-hybridized carbons (Fsp3) is 0.0526. The highest BCUT2D eigenvalue weighted by Gasteiger charge is 2.30. The van der Waals surface area contributed by atoms with Crippen LogP contribution in [0.25, 0.3) is 11.1 Å². The van der Waals surface area contributed by atoms with Crippen LogP contribution in [0.5, 0.6) is 0 Å². The van der Waals surface area contributed by atoms with E-state index in [9.17, 15) is 22.0 Å². The molecule has 0 bridgehead atoms. The van der Waals surface area contributed by atoms with Gasteiger partial charge in [0.25, 0.3) is 0 Å². The normalized spacial score (nSPS) is 12.1. The summed E-state index contributed by atoms with van der Waals surface area (Å²) in [6.45, 7) is 0. The van der Waals surface area contributed by atoms with Crippen LogP contribution in [0.2, 0.25) is 0 Å². The van der Waals surface area contributed by atoms with E-state index in [2.05, 4.69) is 10.1 Å². The first kappa shape index (κ1) is 21.0. The van der Waals surface area contributed by atoms with E-state index in [1.807, 2.05) is 0 Å². The van der Waals surface area contributed by atoms with E-state index in [1.165, 1.54) is 36.5 Å². The Morgan fingerprint density at radius 3 is 2.37 bits per heavy atom. The van der Waals surface area contributed by atoms with E-state index < -0.39 is 23.4 Å². The number of hydrazine groups is 1. The van der Waals surface area contributed by atoms with E-state index in [0.29, 0.717) is 5.01 Å². The van der Waals surface area contributed by atoms with Gasteiger partial charge >= 0.3 is 6.18 Å². The first-order chi connectivity index (χ1) is 14.1. The number of rotatable bonds is 3. The van der Waals surface area contributed by atoms with E-state index in [4.69, 9.17) is 17.4 Å². The van der Waals surface area contributed by atoms with Crippen LogP contribution in [0, 0.1) is 11.6 Å². The van der Waals surface area contributed by atoms with Crippen LogP contribution in [0.1, 0.15) is 11.1 Å². The molecule has 3 aromatic rings. The molecule has 0 unspecified atom stereocenters. The van der Waals surface area contributed by atoms with Crippen LogP contribution in [0.3, 0.4) is 0 Å². The number of nitrogens with two attached hydrogens (primary N) is 3. The van der Waals surface area contributed by atoms with Gasteiger partial charge in [0, 0.05) is 11.8 Å². The summed E-state index contributed by atoms with van der Waals surface area (Å²) >= 11 is 0. The molecule has 1 aromatic heterocycles. The zero-order valence-electron chi connectivity index (χ0n) is 15.2. The number of hydrazone groups is 1. The molecule has 3 rings (SSSR count). The summed E-state index contributed by atoms with van der Waals surface area (Å²) in [5.74, 6) is 8.46. The van der Waals surface area contributed by atoms with Crippen molar-refractivity contribution in [3.63, 3.8) is 0 Å². The summed E-state index contributed by atoms with van der Waals surface area (Å²) in [6, 6.07) is 9.20. The number of nitrogens with zero attached hydrogens (tertiary/aromatic N) is 3. The van der Waals surface area contributed by atoms with Gasteiger partial charge in [0.15, 0.2) is 17.5 Å². The Hall–Kier alpha value is -3.73. The Labute approximate surface area is 167 Å². The first-order valence-electron chi connectivity index (χ1n) is 8.33. The highest BCUT2D eigenvalue weighted by molar-refractivity contribution is 6.12. The standard InChI is InChI=1S/C19H15F5N6/c20-14-5-2-6-15(16(14)21)30(27)18(29-26)13-8-11(9-28-17(13)25)10-3-1-4-12(7-10)19(22,23)24/h1-9H,26-27H2,(H2,25,28)/b29-18-. The molecule has 0 aliphatic heterocycles. The predicted octanol–water partition coefficient (Wildman–Crippen LogP) is 3.63. The van der Waals surface area contributed by atoms with Gasteiger partial charge in [-0.1, -0.05) is 18.2 Å². The number of anilines is 2. The molecule has 0 aliphatic carbocycles. The van der Waals surface area contributed by atoms with Crippen LogP contribution in [0.15, 0.2) is 59.8 Å². The van der Waals surface area contributed by atoms with Gasteiger partial charge in [0.1, 0.15) is 5.82 Å². The number of halogens is 5. The molecule has 1 heterocycles. The van der Waals surface area contributed by atoms with Crippen molar-refractivity contribution in [2.45, 2.75) is 6.18 Å². The third-order valence-electron chi connectivity index (χ3n) is 4.22. The summed E-state index contributed by atoms with van der Waals surface area (Å²) in [5.41, 5.74) is 5.06. The zero-order chi connectivity index (χ0) is 22.1. The molecule has 0 atom stereocenters. The van der Waals surface area contributed by atoms with Gasteiger partial charge in [-0.2, -0.15) is 18.3 Å². The second-order valence-electron chi connectivity index (χ2n) is 6.13. The van der Waals surface area contributed by atoms with Crippen molar-refractivity contribution in [2.75, 3.05) is 10.7 Å². The molecule has 0 spiro atoms. The van der Waals surface area contributed by atoms with Crippen LogP contribution in [-0.4, -0.2) is 10.8 Å². The van der Waals surface area contributed by atoms with Crippen molar-refractivity contribution >= 4 is 17.3 Å². The van der Waals surface area contributed by atoms with Crippen LogP contribution in [0.4, 0.5) is 33.5 Å². The molecule has 0 radical (unpaired) electrons. The third kappa shape index (κ3) is 4.01. The average Bonchev–Trinajstić information content (AvgIpc) is 2.71. The topological polar surface area (TPSA) is 107 Å². The Bertz CT molecular complexity index is 1110. The number of pyridine rings is 1. The van der Waals surface area contributed by atoms with Crippen molar-refractivity contribution in [1.82, 2.24) is 4.98 Å². The van der Waals surface area contributed by atoms with Crippen molar-refractivity contribution in [2.24, 2.45) is 16.8 Å². The minimum absolute atomic E-state index is 0.0126. The van der Waals surface area contributed by atoms with Gasteiger partial charge in [0.2, 0.25) is 0 Å². The maximum absolute atomic E-state index is 14.1. The summed E-state index contributed by atoms with van der Waals surface area (Å²) in [6.07, 6.45) is -3.28. The molecule has 11 heteroatoms. The van der Waals surface area contributed by atoms with Crippen LogP contribution < -0.4 is 22.4 Å². The molecule has 6 N–H and O–H groups in total. The predicted molar refractivity (Wildman–Crippen MR) is 103 cm³/mol. The van der Waals surface area contributed by atoms with Gasteiger partial charge in [-0.25, -0.2) is 19.6 Å². The van der Waals surface area contributed by atoms with Gasteiger partial charge in [0.05, 0.1) is 16.8 Å². The lowest BCUT2D eigenvalue weighted by Crippen LogP contribution is -2.40. The van der Waals surface area contributed by atoms with E-state index >= 15 is 0 Å². The van der Waals surface area contributed by atoms with E-state index in [1.54, 1.807) is 0 Å². The maximum atomic E-state index is 14.1. The van der Waals surface area contributed by atoms with E-state index in [-0.39, 0.29) is 34.0 Å². The molecule has 0 aliphatic rings. The second kappa shape index (κ2) is 7.95. The summed E-state index contributed by atoms with van der Waals surface area (Å²) in [4.78, 5) is 3.94. The largest absolute Gasteiger partial charge is 0.416 e. The van der Waals surface area contributed by atoms with Crippen molar-refractivity contribution in [1.29, 1.82) is 0 Å². The second-order valence-corrected chi connectivity index (χ2v) is 6.13. The highest BCUT2D eigenvalue weighted by atomic mass is 19.4. The fourth-order valence-electron chi connectivity index (χ4n) is 2.74. The lowest BCUT2D eigenvalue weighted by Gasteiger charge is -2.22. The number of amidine groups is 1. The molecular formula is C19H15F5N6. The molecule has 6 nitrogen and oxygen atoms in total. The molecule has 0 saturated carbocycles. The Kier molecular flexibility index (Phi) is 5.56. The molecule has 0 amide bonds. The quantitative estimate of drug-likeness (QED) is 0.197. The number of aromatic nitrogens is 1. The number of hydrogen-bond acceptors (Lipinski definition) is 5. The van der Waals surface area contributed by atoms with E-state index in [0.717, 1.165) is 18.2 Å². The summed E-state index contributed by atoms with van der Waals surface area (Å²) < 4.78 is 66.7. The molecule has 0 saturated heterocycles. The lowest BCUT2D eigenvalue weighted by atomic mass is 10.0. The number of benzene rings is 2. The van der Waals surface area contributed by atoms with Gasteiger partial charge < -0.3 is 11.6 Å². The third-order valence-corrected chi connectivity index (χ3v) is 4.22. The first-order valence-corrected chi connectivity index (χ1v) is 8.33. The fourth-order valence-corrected chi connectivity index (χ4v) is 2.74. The summed E-state index contributed by atoms with van der Waals surface area (Å²) in [7, 11) is 0. The Morgan fingerprint density at radius 2 is 1.70 bits per heavy atom. The van der Waals surface area contributed by atoms with Gasteiger partial charge in [-0.15, -0.1) is 0 Å². The lowest BCUT2D eigenvalue weighted by molar-refractivity contribution is -0.137. The molecule has 156 valence electrons. The minimum Gasteiger partial charge on any atom is -0.383 e. The number of hydrogen-bond donors (Lipinski definition) is 3. The number of nitrogen functional groups attached to an aromatic ring is 1. The number of alkyl halides is 3. The Balaban J connectivity index is 2.07. The zero-order valence-corrected chi connectivity index (χ0v) is 15.2. The molecule has 2 aromatic carbocycles. The monoisotopic (exact) mass is 422 g/mol. The van der Waals surface area contributed by atoms with Gasteiger partial charge in [-0.05, 0) is 35.9 Å². The molecule has 30 heavy (non-hydrogen) atoms. The van der Waals surface area contributed by atoms with Crippen LogP contribution >= 0.6 is 0 Å². The summed E-state index contributed by atoms with van der Waals surface area (Å²) in [5, 5.41) is 4.15. The highest BCUT2D eigenvalue weighted by Crippen LogP contribution is 2.33. The molecular weight excluding hydrogens is 407 g/mol. The van der Waals surface area contributed by atoms with Gasteiger partial charge in [-0.3, -0.25) is 5.01 Å². The molecule has 0 fully saturated rings. The smallest absolute Gasteiger partial charge is 0.383 e. The van der Waals surface area contributed by atoms with Crippen LogP contribution in [-0.2, 0) is 6.18 Å². The SMILES string of the molecule is N/N=C(/c1cc(-c2cccc(C(F)(F)F)c2)cnc1N)N(N)c1cccc(F)c1F. The average molecular weight is 422 g/mol. The maximum Gasteiger partial charge on any atom is 0.416 e. The minimum atomic E-state index is -4.53. The van der Waals surface area contributed by atoms with Crippen molar-refractivity contribution < 1.29 is 22.0 Å². The Morgan fingerprint density at radius 1 is 1.00 bits per heavy atom. The van der Waals surface area contributed by atoms with Crippen molar-refractivity contribution in [3.05, 3.63) is 77.5 Å². The van der Waals surface area contributed by atoms with Crippen molar-refractivity contribution in [3.8, 4) is 11.1 Å².